The molecule has 2 aromatic rings. The monoisotopic (exact) mass is 699 g/mol. The Morgan fingerprint density at radius 2 is 1.72 bits per heavy atom. The molecule has 1 aromatic heterocycles. The molecule has 8 atom stereocenters. The van der Waals surface area contributed by atoms with E-state index in [2.05, 4.69) is 9.97 Å². The molecule has 3 fully saturated rings. The van der Waals surface area contributed by atoms with Gasteiger partial charge >= 0.3 is 11.9 Å². The van der Waals surface area contributed by atoms with Gasteiger partial charge in [0.05, 0.1) is 37.0 Å². The maximum atomic E-state index is 16.3. The van der Waals surface area contributed by atoms with Gasteiger partial charge in [0, 0.05) is 18.4 Å². The summed E-state index contributed by atoms with van der Waals surface area (Å²) in [6.45, 7) is 12.5. The molecule has 274 valence electrons. The second kappa shape index (κ2) is 13.2. The van der Waals surface area contributed by atoms with Crippen molar-refractivity contribution in [1.82, 2.24) is 14.9 Å². The number of alkyl halides is 2. The van der Waals surface area contributed by atoms with E-state index in [0.29, 0.717) is 35.9 Å². The van der Waals surface area contributed by atoms with Crippen LogP contribution in [0.5, 0.6) is 11.6 Å². The van der Waals surface area contributed by atoms with Crippen LogP contribution in [0.1, 0.15) is 99.1 Å². The normalized spacial score (nSPS) is 31.8. The summed E-state index contributed by atoms with van der Waals surface area (Å²) in [7, 11) is 1.50. The van der Waals surface area contributed by atoms with Crippen molar-refractivity contribution in [2.75, 3.05) is 13.7 Å². The summed E-state index contributed by atoms with van der Waals surface area (Å²) >= 11 is 0. The smallest absolute Gasteiger partial charge is 0.329 e. The van der Waals surface area contributed by atoms with E-state index in [1.54, 1.807) is 45.9 Å². The minimum absolute atomic E-state index is 0.103. The number of rotatable bonds is 2. The molecule has 12 heteroatoms. The fourth-order valence-electron chi connectivity index (χ4n) is 8.19. The molecule has 2 aliphatic carbocycles. The van der Waals surface area contributed by atoms with Gasteiger partial charge in [-0.3, -0.25) is 9.59 Å². The number of hydrogen-bond acceptors (Lipinski definition) is 9. The largest absolute Gasteiger partial charge is 0.497 e. The van der Waals surface area contributed by atoms with Crippen LogP contribution in [-0.4, -0.2) is 70.2 Å². The minimum Gasteiger partial charge on any atom is -0.497 e. The molecule has 3 heterocycles. The van der Waals surface area contributed by atoms with Crippen molar-refractivity contribution in [2.45, 2.75) is 123 Å². The molecule has 1 saturated heterocycles. The van der Waals surface area contributed by atoms with E-state index < -0.39 is 70.9 Å². The number of hydrogen-bond donors (Lipinski definition) is 0. The van der Waals surface area contributed by atoms with Crippen molar-refractivity contribution < 1.29 is 42.1 Å². The lowest BCUT2D eigenvalue weighted by molar-refractivity contribution is -0.167. The molecule has 1 amide bonds. The maximum absolute atomic E-state index is 16.3. The summed E-state index contributed by atoms with van der Waals surface area (Å²) in [6.07, 6.45) is 1.45. The van der Waals surface area contributed by atoms with Crippen molar-refractivity contribution in [2.24, 2.45) is 35.0 Å². The van der Waals surface area contributed by atoms with Gasteiger partial charge in [0.2, 0.25) is 11.8 Å². The second-order valence-corrected chi connectivity index (χ2v) is 16.9. The molecular formula is C38H51F2N3O7. The van der Waals surface area contributed by atoms with Crippen molar-refractivity contribution in [3.8, 4) is 11.6 Å². The summed E-state index contributed by atoms with van der Waals surface area (Å²) < 4.78 is 56.1. The summed E-state index contributed by atoms with van der Waals surface area (Å²) in [6, 6.07) is 3.72. The number of fused-ring (bicyclic) bond motifs is 7. The molecule has 10 nitrogen and oxygen atoms in total. The molecule has 2 aliphatic heterocycles. The third kappa shape index (κ3) is 7.40. The van der Waals surface area contributed by atoms with Crippen molar-refractivity contribution in [1.29, 1.82) is 0 Å². The average molecular weight is 700 g/mol. The Kier molecular flexibility index (Phi) is 9.56. The number of halogens is 2. The van der Waals surface area contributed by atoms with Gasteiger partial charge in [0.25, 0.3) is 5.92 Å². The highest BCUT2D eigenvalue weighted by atomic mass is 19.3. The fourth-order valence-corrected chi connectivity index (χ4v) is 8.19. The molecule has 4 aliphatic rings. The highest BCUT2D eigenvalue weighted by Crippen LogP contribution is 2.58. The van der Waals surface area contributed by atoms with Gasteiger partial charge in [-0.25, -0.2) is 14.8 Å². The zero-order chi connectivity index (χ0) is 36.3. The molecule has 6 rings (SSSR count). The van der Waals surface area contributed by atoms with Gasteiger partial charge in [-0.1, -0.05) is 34.1 Å². The Bertz CT molecular complexity index is 1640. The zero-order valence-electron chi connectivity index (χ0n) is 30.5. The van der Waals surface area contributed by atoms with E-state index in [1.807, 2.05) is 20.8 Å². The third-order valence-corrected chi connectivity index (χ3v) is 11.0. The molecule has 50 heavy (non-hydrogen) atoms. The average Bonchev–Trinajstić information content (AvgIpc) is 3.58. The molecular weight excluding hydrogens is 648 g/mol. The van der Waals surface area contributed by atoms with Crippen LogP contribution in [0.25, 0.3) is 11.0 Å². The van der Waals surface area contributed by atoms with E-state index in [4.69, 9.17) is 18.9 Å². The maximum Gasteiger partial charge on any atom is 0.329 e. The first-order valence-corrected chi connectivity index (χ1v) is 18.0. The van der Waals surface area contributed by atoms with E-state index in [9.17, 15) is 14.4 Å². The number of aromatic nitrogens is 2. The highest BCUT2D eigenvalue weighted by Gasteiger charge is 2.55. The standard InChI is InChI=1S/C38H51F2N3O7/c1-20-29-19-43(31(20)35(46)50-37(5,6)7)34(45)25(36(2,3)4)18-30(44)48-28-16-21-15-24(21)23(28)11-9-10-14-38(39,40)32-33(49-29)42-27-17-22(47-8)12-13-26(27)41-32/h12-13,17,20-21,23-25,28-29,31H,9-11,14-16,18-19H2,1-8H3/t20-,21+,23-,24+,25-,28-,29+,31+/m1/s1. The van der Waals surface area contributed by atoms with Crippen LogP contribution in [-0.2, 0) is 29.8 Å². The molecule has 0 radical (unpaired) electrons. The van der Waals surface area contributed by atoms with Gasteiger partial charge < -0.3 is 23.8 Å². The van der Waals surface area contributed by atoms with E-state index in [-0.39, 0.29) is 42.8 Å². The van der Waals surface area contributed by atoms with Crippen LogP contribution in [0.2, 0.25) is 0 Å². The number of ether oxygens (including phenoxy) is 4. The fraction of sp³-hybridized carbons (Fsp3) is 0.711. The van der Waals surface area contributed by atoms with Gasteiger partial charge in [0.1, 0.15) is 29.6 Å². The van der Waals surface area contributed by atoms with E-state index in [0.717, 1.165) is 12.8 Å². The number of esters is 2. The van der Waals surface area contributed by atoms with Crippen LogP contribution >= 0.6 is 0 Å². The Morgan fingerprint density at radius 3 is 2.40 bits per heavy atom. The van der Waals surface area contributed by atoms with Crippen LogP contribution in [0.15, 0.2) is 18.2 Å². The molecule has 2 bridgehead atoms. The lowest BCUT2D eigenvalue weighted by Crippen LogP contribution is -2.50. The topological polar surface area (TPSA) is 117 Å². The lowest BCUT2D eigenvalue weighted by atomic mass is 9.77. The number of benzene rings is 1. The Labute approximate surface area is 293 Å². The molecule has 0 N–H and O–H groups in total. The predicted molar refractivity (Wildman–Crippen MR) is 181 cm³/mol. The van der Waals surface area contributed by atoms with E-state index >= 15 is 8.78 Å². The van der Waals surface area contributed by atoms with Crippen LogP contribution in [0.4, 0.5) is 8.78 Å². The number of carbonyl (C=O) groups is 3. The number of amides is 1. The molecule has 1 aromatic carbocycles. The summed E-state index contributed by atoms with van der Waals surface area (Å²) in [5, 5.41) is 0. The summed E-state index contributed by atoms with van der Waals surface area (Å²) in [5.41, 5.74) is -1.54. The number of carbonyl (C=O) groups excluding carboxylic acids is 3. The first-order valence-electron chi connectivity index (χ1n) is 18.0. The van der Waals surface area contributed by atoms with E-state index in [1.165, 1.54) is 12.0 Å². The van der Waals surface area contributed by atoms with Crippen molar-refractivity contribution in [3.63, 3.8) is 0 Å². The Balaban J connectivity index is 1.43. The third-order valence-electron chi connectivity index (χ3n) is 11.0. The predicted octanol–water partition coefficient (Wildman–Crippen LogP) is 6.86. The van der Waals surface area contributed by atoms with Crippen LogP contribution < -0.4 is 9.47 Å². The highest BCUT2D eigenvalue weighted by molar-refractivity contribution is 5.89. The lowest BCUT2D eigenvalue weighted by Gasteiger charge is -2.35. The van der Waals surface area contributed by atoms with Crippen LogP contribution in [0, 0.1) is 35.0 Å². The first kappa shape index (κ1) is 36.2. The summed E-state index contributed by atoms with van der Waals surface area (Å²) in [5.74, 6) is -5.27. The van der Waals surface area contributed by atoms with Crippen molar-refractivity contribution in [3.05, 3.63) is 23.9 Å². The summed E-state index contributed by atoms with van der Waals surface area (Å²) in [4.78, 5) is 52.3. The molecule has 0 spiro atoms. The van der Waals surface area contributed by atoms with Gasteiger partial charge in [-0.15, -0.1) is 0 Å². The number of methoxy groups -OCH3 is 1. The Morgan fingerprint density at radius 1 is 0.980 bits per heavy atom. The second-order valence-electron chi connectivity index (χ2n) is 16.9. The minimum atomic E-state index is -3.38. The van der Waals surface area contributed by atoms with Gasteiger partial charge in [0.15, 0.2) is 5.69 Å². The van der Waals surface area contributed by atoms with Crippen molar-refractivity contribution >= 4 is 28.9 Å². The number of nitrogens with zero attached hydrogens (tertiary/aromatic N) is 3. The van der Waals surface area contributed by atoms with Crippen LogP contribution in [0.3, 0.4) is 0 Å². The van der Waals surface area contributed by atoms with Gasteiger partial charge in [-0.2, -0.15) is 8.78 Å². The quantitative estimate of drug-likeness (QED) is 0.310. The zero-order valence-corrected chi connectivity index (χ0v) is 30.5. The first-order chi connectivity index (χ1) is 23.4. The SMILES string of the molecule is COc1ccc2nc3c(nc2c1)O[C@H]1CN(C(=O)[C@H](C(C)(C)C)CC(=O)O[C@@H]2C[C@@H]4C[C@@H]4[C@H]2CCCCC3(F)F)[C@H](C(=O)OC(C)(C)C)[C@@H]1C. The van der Waals surface area contributed by atoms with Gasteiger partial charge in [-0.05, 0) is 81.8 Å². The molecule has 2 saturated carbocycles. The molecule has 0 unspecified atom stereocenters. The Hall–Kier alpha value is -3.57.